The maximum atomic E-state index is 13.3. The highest BCUT2D eigenvalue weighted by atomic mass is 19.1. The van der Waals surface area contributed by atoms with Crippen LogP contribution in [0, 0.1) is 5.82 Å². The standard InChI is InChI=1S/C22H20FN5O/c23-15-7-5-14(6-8-15)18-13-28-19(9-10-20(29)21(28)26-18)17-11-12-24-22(27-17)25-16-3-1-2-4-16/h5-13,16,29H,1-4H2,(H,24,25,27). The molecule has 146 valence electrons. The first-order chi connectivity index (χ1) is 14.2. The van der Waals surface area contributed by atoms with E-state index in [2.05, 4.69) is 20.3 Å². The van der Waals surface area contributed by atoms with Crippen LogP contribution in [0.5, 0.6) is 5.75 Å². The van der Waals surface area contributed by atoms with Crippen LogP contribution in [0.1, 0.15) is 25.7 Å². The third-order valence-electron chi connectivity index (χ3n) is 5.34. The molecule has 0 spiro atoms. The number of imidazole rings is 1. The second-order valence-electron chi connectivity index (χ2n) is 7.32. The van der Waals surface area contributed by atoms with Crippen molar-refractivity contribution in [2.24, 2.45) is 0 Å². The van der Waals surface area contributed by atoms with Gasteiger partial charge >= 0.3 is 0 Å². The van der Waals surface area contributed by atoms with Gasteiger partial charge in [0.25, 0.3) is 0 Å². The van der Waals surface area contributed by atoms with E-state index in [1.807, 2.05) is 12.3 Å². The highest BCUT2D eigenvalue weighted by molar-refractivity contribution is 5.71. The Morgan fingerprint density at radius 1 is 0.966 bits per heavy atom. The zero-order valence-electron chi connectivity index (χ0n) is 15.7. The summed E-state index contributed by atoms with van der Waals surface area (Å²) in [6.45, 7) is 0. The number of benzene rings is 1. The topological polar surface area (TPSA) is 75.3 Å². The van der Waals surface area contributed by atoms with Crippen molar-refractivity contribution in [2.75, 3.05) is 5.32 Å². The van der Waals surface area contributed by atoms with Gasteiger partial charge in [-0.15, -0.1) is 0 Å². The molecule has 0 saturated heterocycles. The quantitative estimate of drug-likeness (QED) is 0.531. The van der Waals surface area contributed by atoms with Gasteiger partial charge in [-0.05, 0) is 55.3 Å². The smallest absolute Gasteiger partial charge is 0.223 e. The molecule has 2 N–H and O–H groups in total. The molecule has 0 radical (unpaired) electrons. The van der Waals surface area contributed by atoms with Crippen molar-refractivity contribution in [1.29, 1.82) is 0 Å². The Bertz CT molecular complexity index is 1170. The molecule has 1 aromatic carbocycles. The average molecular weight is 389 g/mol. The summed E-state index contributed by atoms with van der Waals surface area (Å²) in [6.07, 6.45) is 8.30. The third-order valence-corrected chi connectivity index (χ3v) is 5.34. The number of anilines is 1. The third kappa shape index (κ3) is 3.40. The summed E-state index contributed by atoms with van der Waals surface area (Å²) in [6, 6.07) is 11.8. The monoisotopic (exact) mass is 389 g/mol. The summed E-state index contributed by atoms with van der Waals surface area (Å²) in [4.78, 5) is 13.6. The Hall–Kier alpha value is -3.48. The largest absolute Gasteiger partial charge is 0.504 e. The average Bonchev–Trinajstić information content (AvgIpc) is 3.40. The van der Waals surface area contributed by atoms with Crippen molar-refractivity contribution in [3.05, 3.63) is 60.7 Å². The zero-order chi connectivity index (χ0) is 19.8. The summed E-state index contributed by atoms with van der Waals surface area (Å²) in [7, 11) is 0. The van der Waals surface area contributed by atoms with Gasteiger partial charge in [0.15, 0.2) is 11.4 Å². The fourth-order valence-electron chi connectivity index (χ4n) is 3.85. The van der Waals surface area contributed by atoms with E-state index in [0.717, 1.165) is 29.8 Å². The van der Waals surface area contributed by atoms with Crippen LogP contribution in [0.4, 0.5) is 10.3 Å². The van der Waals surface area contributed by atoms with E-state index in [1.165, 1.54) is 25.0 Å². The highest BCUT2D eigenvalue weighted by Gasteiger charge is 2.17. The first-order valence-electron chi connectivity index (χ1n) is 9.74. The lowest BCUT2D eigenvalue weighted by atomic mass is 10.2. The number of pyridine rings is 1. The van der Waals surface area contributed by atoms with E-state index in [1.54, 1.807) is 34.9 Å². The van der Waals surface area contributed by atoms with Gasteiger partial charge in [-0.1, -0.05) is 12.8 Å². The number of fused-ring (bicyclic) bond motifs is 1. The molecule has 0 atom stereocenters. The maximum absolute atomic E-state index is 13.3. The molecule has 4 aromatic rings. The molecule has 7 heteroatoms. The molecular formula is C22H20FN5O. The van der Waals surface area contributed by atoms with Crippen molar-refractivity contribution in [2.45, 2.75) is 31.7 Å². The molecule has 1 fully saturated rings. The Morgan fingerprint density at radius 2 is 1.76 bits per heavy atom. The molecule has 0 bridgehead atoms. The predicted octanol–water partition coefficient (Wildman–Crippen LogP) is 4.66. The van der Waals surface area contributed by atoms with Gasteiger partial charge < -0.3 is 10.4 Å². The van der Waals surface area contributed by atoms with E-state index >= 15 is 0 Å². The van der Waals surface area contributed by atoms with E-state index in [4.69, 9.17) is 0 Å². The molecule has 0 unspecified atom stereocenters. The molecule has 3 aromatic heterocycles. The summed E-state index contributed by atoms with van der Waals surface area (Å²) in [5, 5.41) is 13.7. The van der Waals surface area contributed by atoms with Crippen LogP contribution in [-0.4, -0.2) is 30.5 Å². The number of aromatic nitrogens is 4. The number of hydrogen-bond acceptors (Lipinski definition) is 5. The van der Waals surface area contributed by atoms with E-state index in [9.17, 15) is 9.50 Å². The first kappa shape index (κ1) is 17.6. The van der Waals surface area contributed by atoms with E-state index < -0.39 is 0 Å². The van der Waals surface area contributed by atoms with Crippen molar-refractivity contribution >= 4 is 11.6 Å². The molecule has 5 rings (SSSR count). The van der Waals surface area contributed by atoms with Crippen molar-refractivity contribution in [3.8, 4) is 28.4 Å². The lowest BCUT2D eigenvalue weighted by Crippen LogP contribution is -2.16. The zero-order valence-corrected chi connectivity index (χ0v) is 15.7. The molecule has 0 amide bonds. The van der Waals surface area contributed by atoms with Gasteiger partial charge in [-0.25, -0.2) is 19.3 Å². The summed E-state index contributed by atoms with van der Waals surface area (Å²) < 4.78 is 15.1. The number of nitrogens with one attached hydrogen (secondary N) is 1. The van der Waals surface area contributed by atoms with Gasteiger partial charge in [-0.2, -0.15) is 0 Å². The second kappa shape index (κ2) is 7.16. The van der Waals surface area contributed by atoms with Crippen LogP contribution >= 0.6 is 0 Å². The van der Waals surface area contributed by atoms with Crippen LogP contribution < -0.4 is 5.32 Å². The minimum absolute atomic E-state index is 0.0699. The van der Waals surface area contributed by atoms with Gasteiger partial charge in [-0.3, -0.25) is 4.40 Å². The van der Waals surface area contributed by atoms with Crippen LogP contribution in [0.15, 0.2) is 54.9 Å². The molecule has 1 saturated carbocycles. The number of nitrogens with zero attached hydrogens (tertiary/aromatic N) is 4. The Morgan fingerprint density at radius 3 is 2.55 bits per heavy atom. The number of halogens is 1. The Labute approximate surface area is 167 Å². The fourth-order valence-corrected chi connectivity index (χ4v) is 3.85. The van der Waals surface area contributed by atoms with Crippen molar-refractivity contribution in [1.82, 2.24) is 19.4 Å². The summed E-state index contributed by atoms with van der Waals surface area (Å²) in [5.74, 6) is 0.374. The molecule has 3 heterocycles. The highest BCUT2D eigenvalue weighted by Crippen LogP contribution is 2.29. The van der Waals surface area contributed by atoms with Crippen LogP contribution in [-0.2, 0) is 0 Å². The van der Waals surface area contributed by atoms with E-state index in [-0.39, 0.29) is 11.6 Å². The predicted molar refractivity (Wildman–Crippen MR) is 109 cm³/mol. The lowest BCUT2D eigenvalue weighted by Gasteiger charge is -2.12. The minimum Gasteiger partial charge on any atom is -0.504 e. The van der Waals surface area contributed by atoms with Gasteiger partial charge in [0.1, 0.15) is 5.82 Å². The van der Waals surface area contributed by atoms with Crippen molar-refractivity contribution < 1.29 is 9.50 Å². The van der Waals surface area contributed by atoms with Crippen LogP contribution in [0.25, 0.3) is 28.3 Å². The molecule has 1 aliphatic rings. The minimum atomic E-state index is -0.302. The van der Waals surface area contributed by atoms with E-state index in [0.29, 0.717) is 23.3 Å². The molecule has 29 heavy (non-hydrogen) atoms. The second-order valence-corrected chi connectivity index (χ2v) is 7.32. The Kier molecular flexibility index (Phi) is 4.35. The van der Waals surface area contributed by atoms with Gasteiger partial charge in [0, 0.05) is 24.0 Å². The summed E-state index contributed by atoms with van der Waals surface area (Å²) >= 11 is 0. The number of hydrogen-bond donors (Lipinski definition) is 2. The first-order valence-corrected chi connectivity index (χ1v) is 9.74. The van der Waals surface area contributed by atoms with Gasteiger partial charge in [0.05, 0.1) is 17.1 Å². The van der Waals surface area contributed by atoms with Gasteiger partial charge in [0.2, 0.25) is 5.95 Å². The Balaban J connectivity index is 1.56. The number of rotatable bonds is 4. The maximum Gasteiger partial charge on any atom is 0.223 e. The number of aromatic hydroxyl groups is 1. The van der Waals surface area contributed by atoms with Crippen LogP contribution in [0.3, 0.4) is 0 Å². The fraction of sp³-hybridized carbons (Fsp3) is 0.227. The molecule has 0 aliphatic heterocycles. The normalized spacial score (nSPS) is 14.5. The SMILES string of the molecule is Oc1ccc(-c2ccnc(NC3CCCC3)n2)n2cc(-c3ccc(F)cc3)nc12. The van der Waals surface area contributed by atoms with Crippen LogP contribution in [0.2, 0.25) is 0 Å². The lowest BCUT2D eigenvalue weighted by molar-refractivity contribution is 0.478. The summed E-state index contributed by atoms with van der Waals surface area (Å²) in [5.41, 5.74) is 3.35. The molecule has 1 aliphatic carbocycles. The molecular weight excluding hydrogens is 369 g/mol. The molecule has 6 nitrogen and oxygen atoms in total. The van der Waals surface area contributed by atoms with Crippen molar-refractivity contribution in [3.63, 3.8) is 0 Å².